The first kappa shape index (κ1) is 25.6. The predicted molar refractivity (Wildman–Crippen MR) is 133 cm³/mol. The van der Waals surface area contributed by atoms with Gasteiger partial charge in [0.1, 0.15) is 5.69 Å². The quantitative estimate of drug-likeness (QED) is 0.533. The molecule has 0 bridgehead atoms. The normalized spacial score (nSPS) is 19.8. The molecule has 2 atom stereocenters. The second-order valence-corrected chi connectivity index (χ2v) is 10.0. The van der Waals surface area contributed by atoms with E-state index in [1.165, 1.54) is 19.4 Å². The molecule has 1 radical (unpaired) electrons. The Balaban J connectivity index is 1.39. The number of hydrogen-bond acceptors (Lipinski definition) is 7. The molecular formula is C26H33N6O4. The van der Waals surface area contributed by atoms with Crippen molar-refractivity contribution in [2.24, 2.45) is 23.3 Å². The maximum absolute atomic E-state index is 13.4. The number of aromatic nitrogens is 2. The molecule has 36 heavy (non-hydrogen) atoms. The van der Waals surface area contributed by atoms with Crippen LogP contribution >= 0.6 is 0 Å². The van der Waals surface area contributed by atoms with Gasteiger partial charge < -0.3 is 26.0 Å². The summed E-state index contributed by atoms with van der Waals surface area (Å²) in [5, 5.41) is 0. The first-order valence-electron chi connectivity index (χ1n) is 12.1. The number of aryl methyl sites for hydroxylation is 1. The van der Waals surface area contributed by atoms with Gasteiger partial charge in [0.05, 0.1) is 11.3 Å². The second-order valence-electron chi connectivity index (χ2n) is 10.0. The molecule has 1 aromatic carbocycles. The van der Waals surface area contributed by atoms with Crippen molar-refractivity contribution in [2.75, 3.05) is 32.7 Å². The molecule has 2 saturated heterocycles. The number of benzene rings is 1. The highest BCUT2D eigenvalue weighted by Gasteiger charge is 2.42. The molecule has 4 N–H and O–H groups in total. The van der Waals surface area contributed by atoms with E-state index in [1.807, 2.05) is 18.2 Å². The van der Waals surface area contributed by atoms with Gasteiger partial charge in [0.2, 0.25) is 0 Å². The van der Waals surface area contributed by atoms with Crippen LogP contribution < -0.4 is 16.2 Å². The van der Waals surface area contributed by atoms with E-state index in [2.05, 4.69) is 33.4 Å². The molecule has 3 amide bonds. The zero-order chi connectivity index (χ0) is 26.0. The number of fused-ring (bicyclic) bond motifs is 1. The molecule has 4 rings (SSSR count). The van der Waals surface area contributed by atoms with Crippen LogP contribution in [0.5, 0.6) is 6.01 Å². The maximum Gasteiger partial charge on any atom is 0.318 e. The number of ether oxygens (including phenoxy) is 1. The molecule has 2 fully saturated rings. The number of primary amides is 2. The highest BCUT2D eigenvalue weighted by Crippen LogP contribution is 2.33. The van der Waals surface area contributed by atoms with Gasteiger partial charge in [0, 0.05) is 26.2 Å². The van der Waals surface area contributed by atoms with Gasteiger partial charge in [-0.3, -0.25) is 14.4 Å². The van der Waals surface area contributed by atoms with Crippen molar-refractivity contribution in [1.82, 2.24) is 19.8 Å². The van der Waals surface area contributed by atoms with Gasteiger partial charge in [-0.2, -0.15) is 9.97 Å². The van der Waals surface area contributed by atoms with Gasteiger partial charge in [0.15, 0.2) is 5.60 Å². The summed E-state index contributed by atoms with van der Waals surface area (Å²) in [5.74, 6) is -1.16. The summed E-state index contributed by atoms with van der Waals surface area (Å²) in [6.07, 6.45) is 3.22. The molecule has 2 unspecified atom stereocenters. The lowest BCUT2D eigenvalue weighted by Crippen LogP contribution is -2.44. The van der Waals surface area contributed by atoms with Crippen molar-refractivity contribution in [1.29, 1.82) is 0 Å². The van der Waals surface area contributed by atoms with Crippen LogP contribution in [0.1, 0.15) is 52.4 Å². The lowest BCUT2D eigenvalue weighted by atomic mass is 10.0. The van der Waals surface area contributed by atoms with E-state index >= 15 is 0 Å². The van der Waals surface area contributed by atoms with E-state index in [-0.39, 0.29) is 28.9 Å². The number of carbonyl (C=O) groups excluding carboxylic acids is 3. The van der Waals surface area contributed by atoms with Crippen LogP contribution in [0, 0.1) is 25.2 Å². The Kier molecular flexibility index (Phi) is 7.26. The van der Waals surface area contributed by atoms with Crippen LogP contribution in [-0.4, -0.2) is 75.8 Å². The first-order chi connectivity index (χ1) is 17.0. The Labute approximate surface area is 211 Å². The van der Waals surface area contributed by atoms with Crippen LogP contribution in [0.3, 0.4) is 0 Å². The molecule has 3 heterocycles. The summed E-state index contributed by atoms with van der Waals surface area (Å²) in [4.78, 5) is 49.7. The van der Waals surface area contributed by atoms with Crippen molar-refractivity contribution >= 4 is 17.7 Å². The number of nitrogens with zero attached hydrogens (tertiary/aromatic N) is 4. The summed E-state index contributed by atoms with van der Waals surface area (Å²) in [6, 6.07) is 10.1. The molecule has 0 spiro atoms. The summed E-state index contributed by atoms with van der Waals surface area (Å²) >= 11 is 0. The van der Waals surface area contributed by atoms with Gasteiger partial charge in [-0.1, -0.05) is 30.3 Å². The van der Waals surface area contributed by atoms with Crippen molar-refractivity contribution in [3.63, 3.8) is 0 Å². The number of amides is 3. The number of nitrogens with two attached hydrogens (primary N) is 2. The molecule has 1 aromatic heterocycles. The molecule has 2 aromatic rings. The summed E-state index contributed by atoms with van der Waals surface area (Å²) in [7, 11) is 0. The van der Waals surface area contributed by atoms with Crippen LogP contribution in [0.2, 0.25) is 0 Å². The molecule has 0 aliphatic carbocycles. The topological polar surface area (TPSA) is 145 Å². The zero-order valence-electron chi connectivity index (χ0n) is 20.9. The van der Waals surface area contributed by atoms with Crippen LogP contribution in [0.4, 0.5) is 0 Å². The minimum atomic E-state index is -1.40. The molecule has 2 aliphatic rings. The number of rotatable bonds is 9. The molecular weight excluding hydrogens is 460 g/mol. The van der Waals surface area contributed by atoms with Gasteiger partial charge in [0.25, 0.3) is 17.7 Å². The molecule has 10 nitrogen and oxygen atoms in total. The lowest BCUT2D eigenvalue weighted by Gasteiger charge is -2.24. The third-order valence-corrected chi connectivity index (χ3v) is 6.93. The fourth-order valence-corrected chi connectivity index (χ4v) is 4.91. The zero-order valence-corrected chi connectivity index (χ0v) is 20.9. The Bertz CT molecular complexity index is 1140. The fourth-order valence-electron chi connectivity index (χ4n) is 4.91. The van der Waals surface area contributed by atoms with Crippen LogP contribution in [0.25, 0.3) is 0 Å². The van der Waals surface area contributed by atoms with Gasteiger partial charge in [-0.15, -0.1) is 0 Å². The average Bonchev–Trinajstić information content (AvgIpc) is 3.37. The number of likely N-dealkylation sites (tertiary alicyclic amines) is 2. The standard InChI is InChI=1S/C26H33N6O4/c1-16-20(21(22(27)33)30-25(29-16)36-26(2,3)24(28)35)23(34)32-14-18-12-31(13-19(18)15-32)11-7-10-17-8-5-4-6-9-17/h4-6,8-10,18-19H,7,11-15H2,1-3H3,(H2,27,33)(H2,28,35). The minimum Gasteiger partial charge on any atom is -0.447 e. The predicted octanol–water partition coefficient (Wildman–Crippen LogP) is 1.17. The highest BCUT2D eigenvalue weighted by molar-refractivity contribution is 6.06. The largest absolute Gasteiger partial charge is 0.447 e. The SMILES string of the molecule is Cc1nc(OC(C)(C)C(N)=O)nc(C(N)=O)c1C(=O)N1CC2CN(CC[CH]c3ccccc3)CC2C1. The minimum absolute atomic E-state index is 0.0704. The van der Waals surface area contributed by atoms with Crippen LogP contribution in [-0.2, 0) is 4.79 Å². The van der Waals surface area contributed by atoms with Crippen molar-refractivity contribution in [2.45, 2.75) is 32.8 Å². The number of carbonyl (C=O) groups is 3. The Morgan fingerprint density at radius 2 is 1.69 bits per heavy atom. The molecule has 191 valence electrons. The van der Waals surface area contributed by atoms with E-state index in [4.69, 9.17) is 16.2 Å². The highest BCUT2D eigenvalue weighted by atomic mass is 16.5. The van der Waals surface area contributed by atoms with Gasteiger partial charge in [-0.25, -0.2) is 0 Å². The smallest absolute Gasteiger partial charge is 0.318 e. The molecule has 2 aliphatic heterocycles. The maximum atomic E-state index is 13.4. The lowest BCUT2D eigenvalue weighted by molar-refractivity contribution is -0.131. The average molecular weight is 494 g/mol. The Morgan fingerprint density at radius 1 is 1.06 bits per heavy atom. The van der Waals surface area contributed by atoms with Crippen LogP contribution in [0.15, 0.2) is 30.3 Å². The fraction of sp³-hybridized carbons (Fsp3) is 0.462. The van der Waals surface area contributed by atoms with Gasteiger partial charge >= 0.3 is 6.01 Å². The summed E-state index contributed by atoms with van der Waals surface area (Å²) in [5.41, 5.74) is 10.8. The van der Waals surface area contributed by atoms with E-state index in [1.54, 1.807) is 11.8 Å². The van der Waals surface area contributed by atoms with E-state index in [0.717, 1.165) is 26.1 Å². The van der Waals surface area contributed by atoms with E-state index < -0.39 is 17.4 Å². The Hall–Kier alpha value is -3.53. The second kappa shape index (κ2) is 10.2. The first-order valence-corrected chi connectivity index (χ1v) is 12.1. The third-order valence-electron chi connectivity index (χ3n) is 6.93. The van der Waals surface area contributed by atoms with E-state index in [9.17, 15) is 14.4 Å². The molecule has 0 saturated carbocycles. The monoisotopic (exact) mass is 493 g/mol. The van der Waals surface area contributed by atoms with Gasteiger partial charge in [-0.05, 0) is 57.6 Å². The van der Waals surface area contributed by atoms with E-state index in [0.29, 0.717) is 24.9 Å². The third kappa shape index (κ3) is 5.48. The summed E-state index contributed by atoms with van der Waals surface area (Å²) < 4.78 is 5.49. The van der Waals surface area contributed by atoms with Crippen molar-refractivity contribution < 1.29 is 19.1 Å². The van der Waals surface area contributed by atoms with Crippen molar-refractivity contribution in [3.05, 3.63) is 59.3 Å². The summed E-state index contributed by atoms with van der Waals surface area (Å²) in [6.45, 7) is 8.57. The Morgan fingerprint density at radius 3 is 2.28 bits per heavy atom. The van der Waals surface area contributed by atoms with Crippen molar-refractivity contribution in [3.8, 4) is 6.01 Å². The number of hydrogen-bond donors (Lipinski definition) is 2. The molecule has 10 heteroatoms.